The van der Waals surface area contributed by atoms with Crippen LogP contribution in [0.4, 0.5) is 11.4 Å². The van der Waals surface area contributed by atoms with Crippen LogP contribution in [0.2, 0.25) is 0 Å². The minimum absolute atomic E-state index is 0.0614. The predicted molar refractivity (Wildman–Crippen MR) is 71.3 cm³/mol. The number of carbonyl (C=O) groups excluding carboxylic acids is 1. The Bertz CT molecular complexity index is 459. The fourth-order valence-corrected chi connectivity index (χ4v) is 1.99. The average Bonchev–Trinajstić information content (AvgIpc) is 2.27. The van der Waals surface area contributed by atoms with Gasteiger partial charge in [0.25, 0.3) is 0 Å². The van der Waals surface area contributed by atoms with Crippen molar-refractivity contribution in [1.82, 2.24) is 0 Å². The van der Waals surface area contributed by atoms with E-state index in [4.69, 9.17) is 0 Å². The van der Waals surface area contributed by atoms with Crippen molar-refractivity contribution in [2.75, 3.05) is 17.2 Å². The van der Waals surface area contributed by atoms with E-state index >= 15 is 0 Å². The molecule has 1 aromatic rings. The van der Waals surface area contributed by atoms with E-state index in [9.17, 15) is 4.79 Å². The van der Waals surface area contributed by atoms with Crippen molar-refractivity contribution < 1.29 is 4.79 Å². The fraction of sp³-hybridized carbons (Fsp3) is 0.357. The molecule has 0 bridgehead atoms. The molecule has 90 valence electrons. The van der Waals surface area contributed by atoms with Crippen LogP contribution in [-0.4, -0.2) is 12.5 Å². The maximum atomic E-state index is 11.6. The number of allylic oxidation sites excluding steroid dienone is 1. The molecule has 2 N–H and O–H groups in total. The molecule has 0 fully saturated rings. The summed E-state index contributed by atoms with van der Waals surface area (Å²) in [6.07, 6.45) is 3.84. The lowest BCUT2D eigenvalue weighted by atomic mass is 10.0. The second-order valence-corrected chi connectivity index (χ2v) is 4.61. The molecule has 0 spiro atoms. The first-order chi connectivity index (χ1) is 8.15. The molecule has 1 amide bonds. The molecule has 1 aliphatic heterocycles. The van der Waals surface area contributed by atoms with Crippen LogP contribution in [-0.2, 0) is 11.2 Å². The van der Waals surface area contributed by atoms with Crippen LogP contribution in [0.5, 0.6) is 0 Å². The topological polar surface area (TPSA) is 41.1 Å². The van der Waals surface area contributed by atoms with Gasteiger partial charge >= 0.3 is 0 Å². The standard InChI is InChI=1S/C14H18N2O/c1-10(2)8-14(17)16-12-5-6-13-11(9-12)4-3-7-15-13/h5-6,8-9,15H,3-4,7H2,1-2H3,(H,16,17). The molecule has 0 atom stereocenters. The molecule has 1 aromatic carbocycles. The average molecular weight is 230 g/mol. The van der Waals surface area contributed by atoms with E-state index < -0.39 is 0 Å². The first-order valence-electron chi connectivity index (χ1n) is 5.98. The lowest BCUT2D eigenvalue weighted by Gasteiger charge is -2.18. The van der Waals surface area contributed by atoms with Gasteiger partial charge in [-0.15, -0.1) is 0 Å². The lowest BCUT2D eigenvalue weighted by molar-refractivity contribution is -0.111. The van der Waals surface area contributed by atoms with Gasteiger partial charge in [-0.3, -0.25) is 4.79 Å². The van der Waals surface area contributed by atoms with Crippen molar-refractivity contribution in [2.24, 2.45) is 0 Å². The summed E-state index contributed by atoms with van der Waals surface area (Å²) in [4.78, 5) is 11.6. The lowest BCUT2D eigenvalue weighted by Crippen LogP contribution is -2.13. The molecule has 2 rings (SSSR count). The maximum absolute atomic E-state index is 11.6. The van der Waals surface area contributed by atoms with Crippen LogP contribution in [0, 0.1) is 0 Å². The predicted octanol–water partition coefficient (Wildman–Crippen LogP) is 2.95. The molecule has 1 heterocycles. The normalized spacial score (nSPS) is 13.3. The van der Waals surface area contributed by atoms with E-state index in [1.807, 2.05) is 26.0 Å². The first kappa shape index (κ1) is 11.7. The summed E-state index contributed by atoms with van der Waals surface area (Å²) in [5, 5.41) is 6.23. The van der Waals surface area contributed by atoms with Crippen molar-refractivity contribution in [3.63, 3.8) is 0 Å². The zero-order chi connectivity index (χ0) is 12.3. The van der Waals surface area contributed by atoms with Gasteiger partial charge in [-0.05, 0) is 50.5 Å². The zero-order valence-electron chi connectivity index (χ0n) is 10.3. The van der Waals surface area contributed by atoms with Crippen molar-refractivity contribution in [3.8, 4) is 0 Å². The van der Waals surface area contributed by atoms with Gasteiger partial charge in [0.1, 0.15) is 0 Å². The third kappa shape index (κ3) is 3.09. The number of amides is 1. The number of carbonyl (C=O) groups is 1. The van der Waals surface area contributed by atoms with E-state index in [2.05, 4.69) is 16.7 Å². The molecule has 0 aromatic heterocycles. The second-order valence-electron chi connectivity index (χ2n) is 4.61. The van der Waals surface area contributed by atoms with Crippen molar-refractivity contribution in [3.05, 3.63) is 35.4 Å². The number of hydrogen-bond donors (Lipinski definition) is 2. The quantitative estimate of drug-likeness (QED) is 0.767. The molecule has 0 aliphatic carbocycles. The number of aryl methyl sites for hydroxylation is 1. The van der Waals surface area contributed by atoms with E-state index in [1.54, 1.807) is 6.08 Å². The molecule has 3 nitrogen and oxygen atoms in total. The molecule has 1 aliphatic rings. The van der Waals surface area contributed by atoms with Crippen LogP contribution in [0.1, 0.15) is 25.8 Å². The van der Waals surface area contributed by atoms with Gasteiger partial charge in [0.2, 0.25) is 5.91 Å². The van der Waals surface area contributed by atoms with Crippen LogP contribution in [0.25, 0.3) is 0 Å². The van der Waals surface area contributed by atoms with E-state index in [-0.39, 0.29) is 5.91 Å². The third-order valence-corrected chi connectivity index (χ3v) is 2.73. The highest BCUT2D eigenvalue weighted by molar-refractivity contribution is 5.99. The Balaban J connectivity index is 2.12. The maximum Gasteiger partial charge on any atom is 0.248 e. The van der Waals surface area contributed by atoms with Crippen molar-refractivity contribution >= 4 is 17.3 Å². The number of fused-ring (bicyclic) bond motifs is 1. The summed E-state index contributed by atoms with van der Waals surface area (Å²) in [5.41, 5.74) is 4.35. The summed E-state index contributed by atoms with van der Waals surface area (Å²) in [6.45, 7) is 4.86. The number of anilines is 2. The van der Waals surface area contributed by atoms with Gasteiger partial charge in [0.05, 0.1) is 0 Å². The molecule has 0 saturated heterocycles. The Kier molecular flexibility index (Phi) is 3.47. The molecular formula is C14H18N2O. The highest BCUT2D eigenvalue weighted by Crippen LogP contribution is 2.25. The largest absolute Gasteiger partial charge is 0.385 e. The molecule has 0 unspecified atom stereocenters. The van der Waals surface area contributed by atoms with Crippen LogP contribution in [0.3, 0.4) is 0 Å². The van der Waals surface area contributed by atoms with E-state index in [1.165, 1.54) is 11.3 Å². The summed E-state index contributed by atoms with van der Waals surface area (Å²) in [5.74, 6) is -0.0614. The number of rotatable bonds is 2. The fourth-order valence-electron chi connectivity index (χ4n) is 1.99. The van der Waals surface area contributed by atoms with Gasteiger partial charge in [0, 0.05) is 24.0 Å². The third-order valence-electron chi connectivity index (χ3n) is 2.73. The van der Waals surface area contributed by atoms with Crippen molar-refractivity contribution in [1.29, 1.82) is 0 Å². The molecule has 0 radical (unpaired) electrons. The van der Waals surface area contributed by atoms with E-state index in [0.717, 1.165) is 30.6 Å². The minimum Gasteiger partial charge on any atom is -0.385 e. The van der Waals surface area contributed by atoms with E-state index in [0.29, 0.717) is 0 Å². The molecular weight excluding hydrogens is 212 g/mol. The number of nitrogens with one attached hydrogen (secondary N) is 2. The van der Waals surface area contributed by atoms with Crippen LogP contribution < -0.4 is 10.6 Å². The van der Waals surface area contributed by atoms with Crippen LogP contribution in [0.15, 0.2) is 29.8 Å². The SMILES string of the molecule is CC(C)=CC(=O)Nc1ccc2c(c1)CCCN2. The molecule has 0 saturated carbocycles. The zero-order valence-corrected chi connectivity index (χ0v) is 10.3. The Morgan fingerprint density at radius 3 is 3.00 bits per heavy atom. The van der Waals surface area contributed by atoms with Gasteiger partial charge in [-0.25, -0.2) is 0 Å². The van der Waals surface area contributed by atoms with Gasteiger partial charge in [-0.2, -0.15) is 0 Å². The minimum atomic E-state index is -0.0614. The smallest absolute Gasteiger partial charge is 0.248 e. The Morgan fingerprint density at radius 1 is 1.41 bits per heavy atom. The van der Waals surface area contributed by atoms with Crippen molar-refractivity contribution in [2.45, 2.75) is 26.7 Å². The Labute approximate surface area is 102 Å². The summed E-state index contributed by atoms with van der Waals surface area (Å²) < 4.78 is 0. The van der Waals surface area contributed by atoms with Crippen LogP contribution >= 0.6 is 0 Å². The summed E-state index contributed by atoms with van der Waals surface area (Å²) >= 11 is 0. The summed E-state index contributed by atoms with van der Waals surface area (Å²) in [6, 6.07) is 6.03. The Morgan fingerprint density at radius 2 is 2.24 bits per heavy atom. The van der Waals surface area contributed by atoms with Gasteiger partial charge in [-0.1, -0.05) is 5.57 Å². The monoisotopic (exact) mass is 230 g/mol. The summed E-state index contributed by atoms with van der Waals surface area (Å²) in [7, 11) is 0. The number of benzene rings is 1. The molecule has 17 heavy (non-hydrogen) atoms. The van der Waals surface area contributed by atoms with Gasteiger partial charge in [0.15, 0.2) is 0 Å². The second kappa shape index (κ2) is 5.04. The first-order valence-corrected chi connectivity index (χ1v) is 5.98. The number of hydrogen-bond acceptors (Lipinski definition) is 2. The highest BCUT2D eigenvalue weighted by Gasteiger charge is 2.09. The highest BCUT2D eigenvalue weighted by atomic mass is 16.1. The van der Waals surface area contributed by atoms with Gasteiger partial charge < -0.3 is 10.6 Å². The molecule has 3 heteroatoms. The Hall–Kier alpha value is -1.77.